The molecule has 0 aliphatic rings. The lowest BCUT2D eigenvalue weighted by Gasteiger charge is -2.31. The number of rotatable bonds is 12. The summed E-state index contributed by atoms with van der Waals surface area (Å²) in [4.78, 5) is 27.5. The number of nitrogens with zero attached hydrogens (tertiary/aromatic N) is 2. The van der Waals surface area contributed by atoms with E-state index in [9.17, 15) is 18.0 Å². The van der Waals surface area contributed by atoms with E-state index in [0.29, 0.717) is 18.7 Å². The van der Waals surface area contributed by atoms with Gasteiger partial charge in [-0.1, -0.05) is 48.9 Å². The van der Waals surface area contributed by atoms with Crippen LogP contribution in [0.5, 0.6) is 5.75 Å². The Kier molecular flexibility index (Phi) is 10.2. The van der Waals surface area contributed by atoms with Gasteiger partial charge in [-0.25, -0.2) is 8.42 Å². The van der Waals surface area contributed by atoms with Crippen molar-refractivity contribution in [1.29, 1.82) is 0 Å². The van der Waals surface area contributed by atoms with Crippen molar-refractivity contribution < 1.29 is 22.7 Å². The van der Waals surface area contributed by atoms with E-state index in [1.165, 1.54) is 30.2 Å². The molecule has 0 fully saturated rings. The van der Waals surface area contributed by atoms with Crippen molar-refractivity contribution in [3.63, 3.8) is 0 Å². The van der Waals surface area contributed by atoms with Gasteiger partial charge in [0.25, 0.3) is 0 Å². The number of carbonyl (C=O) groups excluding carboxylic acids is 2. The summed E-state index contributed by atoms with van der Waals surface area (Å²) in [6.45, 7) is 3.85. The second-order valence-electron chi connectivity index (χ2n) is 7.88. The highest BCUT2D eigenvalue weighted by Gasteiger charge is 2.29. The zero-order chi connectivity index (χ0) is 25.3. The molecule has 0 saturated heterocycles. The van der Waals surface area contributed by atoms with E-state index < -0.39 is 28.5 Å². The van der Waals surface area contributed by atoms with Gasteiger partial charge in [-0.3, -0.25) is 13.9 Å². The van der Waals surface area contributed by atoms with Crippen LogP contribution in [0.15, 0.2) is 48.5 Å². The van der Waals surface area contributed by atoms with Crippen molar-refractivity contribution in [1.82, 2.24) is 10.2 Å². The van der Waals surface area contributed by atoms with Gasteiger partial charge in [0.05, 0.1) is 24.1 Å². The highest BCUT2D eigenvalue weighted by Crippen LogP contribution is 2.30. The van der Waals surface area contributed by atoms with Gasteiger partial charge in [0, 0.05) is 13.1 Å². The van der Waals surface area contributed by atoms with Crippen molar-refractivity contribution in [3.8, 4) is 5.75 Å². The molecule has 2 amide bonds. The third-order valence-corrected chi connectivity index (χ3v) is 6.74. The lowest BCUT2D eigenvalue weighted by Crippen LogP contribution is -2.52. The Labute approximate surface area is 206 Å². The number of amides is 2. The minimum atomic E-state index is -3.82. The Morgan fingerprint density at radius 2 is 1.82 bits per heavy atom. The molecule has 2 rings (SSSR count). The predicted octanol–water partition coefficient (Wildman–Crippen LogP) is 3.10. The van der Waals surface area contributed by atoms with Crippen LogP contribution in [-0.4, -0.2) is 64.2 Å². The quantitative estimate of drug-likeness (QED) is 0.474. The van der Waals surface area contributed by atoms with Crippen molar-refractivity contribution in [2.24, 2.45) is 0 Å². The molecule has 1 N–H and O–H groups in total. The topological polar surface area (TPSA) is 96.0 Å². The first-order chi connectivity index (χ1) is 16.1. The van der Waals surface area contributed by atoms with E-state index in [2.05, 4.69) is 5.32 Å². The van der Waals surface area contributed by atoms with Crippen LogP contribution in [0.4, 0.5) is 5.69 Å². The first-order valence-corrected chi connectivity index (χ1v) is 13.2. The number of ether oxygens (including phenoxy) is 1. The molecule has 0 bridgehead atoms. The fourth-order valence-corrected chi connectivity index (χ4v) is 4.48. The molecule has 10 heteroatoms. The van der Waals surface area contributed by atoms with Crippen molar-refractivity contribution >= 4 is 39.1 Å². The molecule has 0 aliphatic heterocycles. The maximum Gasteiger partial charge on any atom is 0.244 e. The average Bonchev–Trinajstić information content (AvgIpc) is 2.80. The van der Waals surface area contributed by atoms with Gasteiger partial charge in [-0.15, -0.1) is 0 Å². The normalized spacial score (nSPS) is 12.0. The average molecular weight is 510 g/mol. The molecule has 34 heavy (non-hydrogen) atoms. The van der Waals surface area contributed by atoms with Gasteiger partial charge < -0.3 is 15.0 Å². The van der Waals surface area contributed by atoms with Crippen molar-refractivity contribution in [2.75, 3.05) is 37.3 Å². The summed E-state index contributed by atoms with van der Waals surface area (Å²) in [7, 11) is -2.37. The zero-order valence-corrected chi connectivity index (χ0v) is 21.5. The monoisotopic (exact) mass is 509 g/mol. The van der Waals surface area contributed by atoms with Gasteiger partial charge in [-0.2, -0.15) is 0 Å². The van der Waals surface area contributed by atoms with E-state index in [-0.39, 0.29) is 23.2 Å². The fourth-order valence-electron chi connectivity index (χ4n) is 3.39. The summed E-state index contributed by atoms with van der Waals surface area (Å²) in [5.41, 5.74) is 1.23. The fraction of sp³-hybridized carbons (Fsp3) is 0.417. The summed E-state index contributed by atoms with van der Waals surface area (Å²) in [5.74, 6) is -0.398. The molecular weight excluding hydrogens is 478 g/mol. The Bertz CT molecular complexity index is 1080. The second kappa shape index (κ2) is 12.6. The Balaban J connectivity index is 2.32. The van der Waals surface area contributed by atoms with Gasteiger partial charge >= 0.3 is 0 Å². The van der Waals surface area contributed by atoms with Crippen LogP contribution in [0.2, 0.25) is 5.02 Å². The minimum Gasteiger partial charge on any atom is -0.495 e. The van der Waals surface area contributed by atoms with E-state index in [4.69, 9.17) is 16.3 Å². The van der Waals surface area contributed by atoms with Crippen molar-refractivity contribution in [3.05, 3.63) is 59.1 Å². The smallest absolute Gasteiger partial charge is 0.244 e. The second-order valence-corrected chi connectivity index (χ2v) is 10.2. The number of sulfonamides is 1. The first-order valence-electron chi connectivity index (χ1n) is 11.0. The molecule has 0 radical (unpaired) electrons. The standard InChI is InChI=1S/C24H32ClN3O5S/c1-5-14-26-24(30)18(2)27(15-13-19-9-7-6-8-10-19)23(29)17-28(34(4,31)32)20-11-12-22(33-3)21(25)16-20/h6-12,16,18H,5,13-15,17H2,1-4H3,(H,26,30). The Morgan fingerprint density at radius 3 is 2.38 bits per heavy atom. The van der Waals surface area contributed by atoms with Crippen LogP contribution in [-0.2, 0) is 26.0 Å². The van der Waals surface area contributed by atoms with Crippen LogP contribution in [0, 0.1) is 0 Å². The van der Waals surface area contributed by atoms with Crippen LogP contribution in [0.25, 0.3) is 0 Å². The molecule has 1 atom stereocenters. The van der Waals surface area contributed by atoms with Crippen LogP contribution in [0.3, 0.4) is 0 Å². The molecule has 0 spiro atoms. The molecule has 1 unspecified atom stereocenters. The SMILES string of the molecule is CCCNC(=O)C(C)N(CCc1ccccc1)C(=O)CN(c1ccc(OC)c(Cl)c1)S(C)(=O)=O. The highest BCUT2D eigenvalue weighted by atomic mass is 35.5. The third kappa shape index (κ3) is 7.63. The maximum absolute atomic E-state index is 13.4. The van der Waals surface area contributed by atoms with Crippen LogP contribution < -0.4 is 14.4 Å². The number of hydrogen-bond acceptors (Lipinski definition) is 5. The van der Waals surface area contributed by atoms with E-state index >= 15 is 0 Å². The van der Waals surface area contributed by atoms with Crippen LogP contribution in [0.1, 0.15) is 25.8 Å². The van der Waals surface area contributed by atoms with E-state index in [0.717, 1.165) is 22.5 Å². The number of halogens is 1. The predicted molar refractivity (Wildman–Crippen MR) is 135 cm³/mol. The molecule has 8 nitrogen and oxygen atoms in total. The summed E-state index contributed by atoms with van der Waals surface area (Å²) in [6.07, 6.45) is 2.30. The summed E-state index contributed by atoms with van der Waals surface area (Å²) in [6, 6.07) is 13.3. The summed E-state index contributed by atoms with van der Waals surface area (Å²) in [5, 5.41) is 3.02. The van der Waals surface area contributed by atoms with Crippen LogP contribution >= 0.6 is 11.6 Å². The Hall–Kier alpha value is -2.78. The number of carbonyl (C=O) groups is 2. The largest absolute Gasteiger partial charge is 0.495 e. The molecule has 0 saturated carbocycles. The highest BCUT2D eigenvalue weighted by molar-refractivity contribution is 7.92. The number of nitrogens with one attached hydrogen (secondary N) is 1. The maximum atomic E-state index is 13.4. The first kappa shape index (κ1) is 27.5. The lowest BCUT2D eigenvalue weighted by atomic mass is 10.1. The molecule has 2 aromatic carbocycles. The zero-order valence-electron chi connectivity index (χ0n) is 20.0. The lowest BCUT2D eigenvalue weighted by molar-refractivity contribution is -0.138. The third-order valence-electron chi connectivity index (χ3n) is 5.30. The van der Waals surface area contributed by atoms with Gasteiger partial charge in [0.1, 0.15) is 18.3 Å². The molecular formula is C24H32ClN3O5S. The van der Waals surface area contributed by atoms with Gasteiger partial charge in [-0.05, 0) is 43.5 Å². The van der Waals surface area contributed by atoms with Gasteiger partial charge in [0.2, 0.25) is 21.8 Å². The number of benzene rings is 2. The molecule has 186 valence electrons. The minimum absolute atomic E-state index is 0.217. The van der Waals surface area contributed by atoms with Gasteiger partial charge in [0.15, 0.2) is 0 Å². The Morgan fingerprint density at radius 1 is 1.15 bits per heavy atom. The van der Waals surface area contributed by atoms with E-state index in [1.807, 2.05) is 37.3 Å². The number of methoxy groups -OCH3 is 1. The van der Waals surface area contributed by atoms with Crippen molar-refractivity contribution in [2.45, 2.75) is 32.7 Å². The molecule has 0 aromatic heterocycles. The summed E-state index contributed by atoms with van der Waals surface area (Å²) < 4.78 is 31.3. The molecule has 2 aromatic rings. The summed E-state index contributed by atoms with van der Waals surface area (Å²) >= 11 is 6.19. The van der Waals surface area contributed by atoms with E-state index in [1.54, 1.807) is 6.92 Å². The number of hydrogen-bond donors (Lipinski definition) is 1. The number of anilines is 1. The molecule has 0 heterocycles. The molecule has 0 aliphatic carbocycles.